The van der Waals surface area contributed by atoms with Crippen molar-refractivity contribution in [1.82, 2.24) is 14.3 Å². The van der Waals surface area contributed by atoms with Gasteiger partial charge in [0.2, 0.25) is 0 Å². The molecule has 0 radical (unpaired) electrons. The fourth-order valence-corrected chi connectivity index (χ4v) is 3.64. The number of aliphatic carboxylic acids is 1. The van der Waals surface area contributed by atoms with Crippen LogP contribution in [0.25, 0.3) is 0 Å². The van der Waals surface area contributed by atoms with Gasteiger partial charge in [-0.05, 0) is 13.3 Å². The van der Waals surface area contributed by atoms with E-state index < -0.39 is 47.1 Å². The molecule has 1 fully saturated rings. The molecule has 1 aliphatic heterocycles. The van der Waals surface area contributed by atoms with Gasteiger partial charge in [-0.25, -0.2) is 13.4 Å². The predicted molar refractivity (Wildman–Crippen MR) is 62.8 cm³/mol. The second-order valence-electron chi connectivity index (χ2n) is 4.81. The second-order valence-corrected chi connectivity index (χ2v) is 6.71. The maximum Gasteiger partial charge on any atom is 0.406 e. The van der Waals surface area contributed by atoms with Crippen LogP contribution in [0.3, 0.4) is 0 Å². The zero-order chi connectivity index (χ0) is 16.1. The number of halogens is 3. The van der Waals surface area contributed by atoms with Gasteiger partial charge < -0.3 is 10.1 Å². The van der Waals surface area contributed by atoms with Gasteiger partial charge in [0.15, 0.2) is 10.4 Å². The van der Waals surface area contributed by atoms with Gasteiger partial charge >= 0.3 is 12.1 Å². The Hall–Kier alpha value is -1.62. The number of carboxylic acids is 1. The number of aromatic amines is 1. The molecule has 1 aromatic heterocycles. The fourth-order valence-electron chi connectivity index (χ4n) is 2.18. The Balaban J connectivity index is 2.36. The van der Waals surface area contributed by atoms with Crippen LogP contribution in [0.2, 0.25) is 0 Å². The van der Waals surface area contributed by atoms with E-state index in [0.717, 1.165) is 6.20 Å². The van der Waals surface area contributed by atoms with E-state index in [1.807, 2.05) is 0 Å². The first kappa shape index (κ1) is 15.8. The number of carbonyl (C=O) groups is 1. The van der Waals surface area contributed by atoms with Gasteiger partial charge in [-0.3, -0.25) is 4.79 Å². The molecule has 2 heterocycles. The molecule has 0 aliphatic carbocycles. The molecule has 1 aromatic rings. The largest absolute Gasteiger partial charge is 0.481 e. The van der Waals surface area contributed by atoms with Crippen molar-refractivity contribution in [2.24, 2.45) is 5.41 Å². The van der Waals surface area contributed by atoms with Crippen LogP contribution in [0.1, 0.15) is 12.2 Å². The third-order valence-corrected chi connectivity index (χ3v) is 5.24. The van der Waals surface area contributed by atoms with E-state index in [-0.39, 0.29) is 10.9 Å². The molecule has 2 rings (SSSR count). The normalized spacial score (nSPS) is 24.4. The molecule has 11 heteroatoms. The van der Waals surface area contributed by atoms with Crippen LogP contribution in [0.5, 0.6) is 0 Å². The first-order chi connectivity index (χ1) is 9.50. The number of hydrogen-bond donors (Lipinski definition) is 2. The zero-order valence-electron chi connectivity index (χ0n) is 10.8. The minimum atomic E-state index is -5.03. The van der Waals surface area contributed by atoms with Gasteiger partial charge in [0.25, 0.3) is 10.0 Å². The lowest BCUT2D eigenvalue weighted by atomic mass is 9.86. The lowest BCUT2D eigenvalue weighted by Gasteiger charge is -2.26. The monoisotopic (exact) mass is 327 g/mol. The Morgan fingerprint density at radius 1 is 1.52 bits per heavy atom. The summed E-state index contributed by atoms with van der Waals surface area (Å²) in [4.78, 5) is 17.1. The number of nitrogens with one attached hydrogen (secondary N) is 1. The lowest BCUT2D eigenvalue weighted by Crippen LogP contribution is -2.47. The molecule has 0 amide bonds. The number of rotatable bonds is 3. The van der Waals surface area contributed by atoms with Crippen molar-refractivity contribution in [3.05, 3.63) is 12.0 Å². The molecule has 21 heavy (non-hydrogen) atoms. The summed E-state index contributed by atoms with van der Waals surface area (Å²) in [6, 6.07) is 0. The SMILES string of the molecule is Cc1ncc(S(=O)(=O)N2CCC(C(=O)O)(C(F)(F)F)C2)[nH]1. The highest BCUT2D eigenvalue weighted by Gasteiger charge is 2.65. The van der Waals surface area contributed by atoms with Crippen molar-refractivity contribution in [3.8, 4) is 0 Å². The molecular weight excluding hydrogens is 315 g/mol. The molecule has 118 valence electrons. The molecule has 0 saturated carbocycles. The summed E-state index contributed by atoms with van der Waals surface area (Å²) in [7, 11) is -4.23. The van der Waals surface area contributed by atoms with E-state index in [1.54, 1.807) is 0 Å². The first-order valence-electron chi connectivity index (χ1n) is 5.82. The highest BCUT2D eigenvalue weighted by molar-refractivity contribution is 7.89. The van der Waals surface area contributed by atoms with Crippen LogP contribution in [-0.4, -0.2) is 53.0 Å². The maximum absolute atomic E-state index is 13.0. The number of aryl methyl sites for hydroxylation is 1. The van der Waals surface area contributed by atoms with E-state index in [9.17, 15) is 26.4 Å². The Labute approximate surface area is 117 Å². The van der Waals surface area contributed by atoms with E-state index in [2.05, 4.69) is 9.97 Å². The smallest absolute Gasteiger partial charge is 0.406 e. The number of hydrogen-bond acceptors (Lipinski definition) is 4. The Kier molecular flexibility index (Phi) is 3.53. The van der Waals surface area contributed by atoms with Gasteiger partial charge in [-0.2, -0.15) is 17.5 Å². The number of carboxylic acid groups (broad SMARTS) is 1. The lowest BCUT2D eigenvalue weighted by molar-refractivity contribution is -0.226. The third-order valence-electron chi connectivity index (χ3n) is 3.48. The number of H-pyrrole nitrogens is 1. The fraction of sp³-hybridized carbons (Fsp3) is 0.600. The minimum Gasteiger partial charge on any atom is -0.481 e. The summed E-state index contributed by atoms with van der Waals surface area (Å²) in [6.07, 6.45) is -4.87. The Morgan fingerprint density at radius 3 is 2.52 bits per heavy atom. The molecule has 0 aromatic carbocycles. The summed E-state index contributed by atoms with van der Waals surface area (Å²) in [5.41, 5.74) is -3.07. The Morgan fingerprint density at radius 2 is 2.14 bits per heavy atom. The van der Waals surface area contributed by atoms with Gasteiger partial charge in [0, 0.05) is 13.1 Å². The third kappa shape index (κ3) is 2.39. The van der Waals surface area contributed by atoms with Crippen molar-refractivity contribution < 1.29 is 31.5 Å². The van der Waals surface area contributed by atoms with Crippen molar-refractivity contribution in [2.75, 3.05) is 13.1 Å². The van der Waals surface area contributed by atoms with Crippen LogP contribution in [0, 0.1) is 12.3 Å². The minimum absolute atomic E-state index is 0.285. The first-order valence-corrected chi connectivity index (χ1v) is 7.26. The van der Waals surface area contributed by atoms with Crippen molar-refractivity contribution in [1.29, 1.82) is 0 Å². The van der Waals surface area contributed by atoms with Crippen LogP contribution in [-0.2, 0) is 14.8 Å². The van der Waals surface area contributed by atoms with Crippen LogP contribution in [0.4, 0.5) is 13.2 Å². The summed E-state index contributed by atoms with van der Waals surface area (Å²) >= 11 is 0. The molecule has 0 spiro atoms. The van der Waals surface area contributed by atoms with Crippen LogP contribution in [0.15, 0.2) is 11.2 Å². The van der Waals surface area contributed by atoms with E-state index in [1.165, 1.54) is 6.92 Å². The van der Waals surface area contributed by atoms with E-state index in [4.69, 9.17) is 5.11 Å². The molecule has 0 bridgehead atoms. The maximum atomic E-state index is 13.0. The molecule has 1 unspecified atom stereocenters. The van der Waals surface area contributed by atoms with Crippen molar-refractivity contribution in [2.45, 2.75) is 24.5 Å². The topological polar surface area (TPSA) is 103 Å². The molecule has 1 aliphatic rings. The molecule has 2 N–H and O–H groups in total. The van der Waals surface area contributed by atoms with Crippen LogP contribution >= 0.6 is 0 Å². The number of nitrogens with zero attached hydrogens (tertiary/aromatic N) is 2. The predicted octanol–water partition coefficient (Wildman–Crippen LogP) is 0.746. The van der Waals surface area contributed by atoms with Gasteiger partial charge in [0.1, 0.15) is 5.82 Å². The highest BCUT2D eigenvalue weighted by atomic mass is 32.2. The van der Waals surface area contributed by atoms with Gasteiger partial charge in [-0.15, -0.1) is 0 Å². The molecule has 1 saturated heterocycles. The highest BCUT2D eigenvalue weighted by Crippen LogP contribution is 2.46. The number of aromatic nitrogens is 2. The molecule has 1 atom stereocenters. The van der Waals surface area contributed by atoms with Gasteiger partial charge in [0.05, 0.1) is 6.20 Å². The average Bonchev–Trinajstić information content (AvgIpc) is 2.94. The second kappa shape index (κ2) is 4.70. The summed E-state index contributed by atoms with van der Waals surface area (Å²) < 4.78 is 63.9. The number of imidazole rings is 1. The summed E-state index contributed by atoms with van der Waals surface area (Å²) in [6.45, 7) is -0.182. The number of sulfonamides is 1. The molecular formula is C10H12F3N3O4S. The zero-order valence-corrected chi connectivity index (χ0v) is 11.6. The average molecular weight is 327 g/mol. The van der Waals surface area contributed by atoms with Crippen LogP contribution < -0.4 is 0 Å². The standard InChI is InChI=1S/C10H12F3N3O4S/c1-6-14-4-7(15-6)21(19,20)16-3-2-9(5-16,8(17)18)10(11,12)13/h4H,2-3,5H2,1H3,(H,14,15)(H,17,18). The van der Waals surface area contributed by atoms with E-state index in [0.29, 0.717) is 4.31 Å². The molecule has 7 nitrogen and oxygen atoms in total. The Bertz CT molecular complexity index is 669. The van der Waals surface area contributed by atoms with E-state index >= 15 is 0 Å². The quantitative estimate of drug-likeness (QED) is 0.852. The number of alkyl halides is 3. The van der Waals surface area contributed by atoms with Gasteiger partial charge in [-0.1, -0.05) is 0 Å². The van der Waals surface area contributed by atoms with Crippen molar-refractivity contribution >= 4 is 16.0 Å². The summed E-state index contributed by atoms with van der Waals surface area (Å²) in [5.74, 6) is -1.79. The van der Waals surface area contributed by atoms with Crippen molar-refractivity contribution in [3.63, 3.8) is 0 Å². The summed E-state index contributed by atoms with van der Waals surface area (Å²) in [5, 5.41) is 8.54.